The summed E-state index contributed by atoms with van der Waals surface area (Å²) in [6.45, 7) is 2.67. The van der Waals surface area contributed by atoms with Crippen molar-refractivity contribution in [3.05, 3.63) is 47.4 Å². The number of pyridine rings is 1. The fraction of sp³-hybridized carbons (Fsp3) is 0.250. The van der Waals surface area contributed by atoms with Gasteiger partial charge in [-0.2, -0.15) is 4.98 Å². The average Bonchev–Trinajstić information content (AvgIpc) is 2.99. The number of hydrogen-bond donors (Lipinski definition) is 0. The first kappa shape index (κ1) is 14.3. The Labute approximate surface area is 137 Å². The summed E-state index contributed by atoms with van der Waals surface area (Å²) < 4.78 is 19.7. The summed E-state index contributed by atoms with van der Waals surface area (Å²) in [5.41, 5.74) is 1.62. The van der Waals surface area contributed by atoms with Crippen molar-refractivity contribution >= 4 is 34.5 Å². The molecule has 1 aliphatic rings. The lowest BCUT2D eigenvalue weighted by molar-refractivity contribution is 0.533. The molecule has 0 atom stereocenters. The van der Waals surface area contributed by atoms with E-state index >= 15 is 0 Å². The summed E-state index contributed by atoms with van der Waals surface area (Å²) in [4.78, 5) is 12.6. The molecule has 0 bridgehead atoms. The molecule has 23 heavy (non-hydrogen) atoms. The predicted molar refractivity (Wildman–Crippen MR) is 87.6 cm³/mol. The zero-order valence-corrected chi connectivity index (χ0v) is 13.0. The van der Waals surface area contributed by atoms with Gasteiger partial charge in [-0.3, -0.25) is 0 Å². The third-order valence-corrected chi connectivity index (χ3v) is 4.13. The number of oxazole rings is 1. The number of piperazine rings is 1. The third-order valence-electron chi connectivity index (χ3n) is 3.92. The highest BCUT2D eigenvalue weighted by Crippen LogP contribution is 2.25. The fourth-order valence-corrected chi connectivity index (χ4v) is 2.89. The Hall–Kier alpha value is -2.34. The van der Waals surface area contributed by atoms with Gasteiger partial charge in [0, 0.05) is 32.4 Å². The Morgan fingerprint density at radius 1 is 1.09 bits per heavy atom. The van der Waals surface area contributed by atoms with E-state index in [1.807, 2.05) is 29.2 Å². The number of nitrogens with zero attached hydrogens (tertiary/aromatic N) is 4. The van der Waals surface area contributed by atoms with Crippen molar-refractivity contribution in [3.63, 3.8) is 0 Å². The highest BCUT2D eigenvalue weighted by atomic mass is 35.5. The van der Waals surface area contributed by atoms with Crippen molar-refractivity contribution in [1.82, 2.24) is 9.97 Å². The number of para-hydroxylation sites is 2. The van der Waals surface area contributed by atoms with Crippen LogP contribution in [0, 0.1) is 5.82 Å². The summed E-state index contributed by atoms with van der Waals surface area (Å²) in [6, 6.07) is 9.57. The van der Waals surface area contributed by atoms with Crippen LogP contribution < -0.4 is 9.80 Å². The van der Waals surface area contributed by atoms with Gasteiger partial charge in [-0.15, -0.1) is 0 Å². The normalized spacial score (nSPS) is 15.4. The summed E-state index contributed by atoms with van der Waals surface area (Å²) in [6.07, 6.45) is 1.47. The summed E-state index contributed by atoms with van der Waals surface area (Å²) in [5.74, 6) is -0.0561. The Balaban J connectivity index is 1.50. The SMILES string of the molecule is Fc1cc(Cl)cnc1N1CCN(c2nc3ccccc3o2)CC1. The van der Waals surface area contributed by atoms with E-state index in [-0.39, 0.29) is 0 Å². The molecule has 1 aliphatic heterocycles. The van der Waals surface area contributed by atoms with Gasteiger partial charge in [0.05, 0.1) is 5.02 Å². The van der Waals surface area contributed by atoms with E-state index in [4.69, 9.17) is 16.0 Å². The number of rotatable bonds is 2. The fourth-order valence-electron chi connectivity index (χ4n) is 2.74. The topological polar surface area (TPSA) is 45.4 Å². The maximum absolute atomic E-state index is 14.0. The lowest BCUT2D eigenvalue weighted by Gasteiger charge is -2.34. The zero-order chi connectivity index (χ0) is 15.8. The van der Waals surface area contributed by atoms with Crippen LogP contribution >= 0.6 is 11.6 Å². The molecule has 0 amide bonds. The highest BCUT2D eigenvalue weighted by Gasteiger charge is 2.23. The quantitative estimate of drug-likeness (QED) is 0.720. The van der Waals surface area contributed by atoms with Gasteiger partial charge in [-0.1, -0.05) is 23.7 Å². The number of aromatic nitrogens is 2. The monoisotopic (exact) mass is 332 g/mol. The van der Waals surface area contributed by atoms with Crippen LogP contribution in [0.1, 0.15) is 0 Å². The lowest BCUT2D eigenvalue weighted by Crippen LogP contribution is -2.47. The van der Waals surface area contributed by atoms with Gasteiger partial charge in [0.2, 0.25) is 0 Å². The van der Waals surface area contributed by atoms with Gasteiger partial charge in [-0.05, 0) is 18.2 Å². The predicted octanol–water partition coefficient (Wildman–Crippen LogP) is 3.34. The minimum Gasteiger partial charge on any atom is -0.423 e. The molecule has 7 heteroatoms. The van der Waals surface area contributed by atoms with Crippen molar-refractivity contribution in [1.29, 1.82) is 0 Å². The van der Waals surface area contributed by atoms with Gasteiger partial charge in [0.15, 0.2) is 17.2 Å². The first-order valence-electron chi connectivity index (χ1n) is 7.37. The molecule has 4 rings (SSSR count). The van der Waals surface area contributed by atoms with Gasteiger partial charge in [-0.25, -0.2) is 9.37 Å². The molecule has 3 aromatic rings. The minimum absolute atomic E-state index is 0.302. The molecule has 3 heterocycles. The van der Waals surface area contributed by atoms with Crippen molar-refractivity contribution in [3.8, 4) is 0 Å². The van der Waals surface area contributed by atoms with Crippen LogP contribution in [0.15, 0.2) is 40.9 Å². The van der Waals surface area contributed by atoms with Crippen LogP contribution in [0.25, 0.3) is 11.1 Å². The molecule has 1 fully saturated rings. The average molecular weight is 333 g/mol. The summed E-state index contributed by atoms with van der Waals surface area (Å²) in [5, 5.41) is 0.302. The second-order valence-corrected chi connectivity index (χ2v) is 5.83. The number of halogens is 2. The number of benzene rings is 1. The van der Waals surface area contributed by atoms with E-state index in [0.29, 0.717) is 43.0 Å². The van der Waals surface area contributed by atoms with Crippen LogP contribution in [0.2, 0.25) is 5.02 Å². The van der Waals surface area contributed by atoms with Crippen molar-refractivity contribution in [2.24, 2.45) is 0 Å². The van der Waals surface area contributed by atoms with E-state index in [1.54, 1.807) is 0 Å². The van der Waals surface area contributed by atoms with Crippen LogP contribution in [-0.4, -0.2) is 36.1 Å². The Morgan fingerprint density at radius 3 is 2.57 bits per heavy atom. The van der Waals surface area contributed by atoms with Gasteiger partial charge >= 0.3 is 0 Å². The molecule has 1 saturated heterocycles. The zero-order valence-electron chi connectivity index (χ0n) is 12.2. The first-order valence-corrected chi connectivity index (χ1v) is 7.75. The van der Waals surface area contributed by atoms with Crippen molar-refractivity contribution in [2.45, 2.75) is 0 Å². The highest BCUT2D eigenvalue weighted by molar-refractivity contribution is 6.30. The Bertz CT molecular complexity index is 812. The van der Waals surface area contributed by atoms with Gasteiger partial charge in [0.25, 0.3) is 6.01 Å². The Kier molecular flexibility index (Phi) is 3.53. The summed E-state index contributed by atoms with van der Waals surface area (Å²) >= 11 is 5.75. The van der Waals surface area contributed by atoms with Crippen molar-refractivity contribution < 1.29 is 8.81 Å². The van der Waals surface area contributed by atoms with Crippen molar-refractivity contribution in [2.75, 3.05) is 36.0 Å². The lowest BCUT2D eigenvalue weighted by atomic mass is 10.3. The number of hydrogen-bond acceptors (Lipinski definition) is 5. The largest absolute Gasteiger partial charge is 0.423 e. The van der Waals surface area contributed by atoms with Gasteiger partial charge < -0.3 is 14.2 Å². The van der Waals surface area contributed by atoms with Crippen LogP contribution in [0.3, 0.4) is 0 Å². The molecule has 0 saturated carbocycles. The maximum Gasteiger partial charge on any atom is 0.298 e. The third kappa shape index (κ3) is 2.70. The molecule has 0 radical (unpaired) electrons. The van der Waals surface area contributed by atoms with E-state index in [1.165, 1.54) is 12.3 Å². The van der Waals surface area contributed by atoms with Crippen LogP contribution in [0.5, 0.6) is 0 Å². The molecule has 0 unspecified atom stereocenters. The maximum atomic E-state index is 14.0. The number of fused-ring (bicyclic) bond motifs is 1. The molecule has 2 aromatic heterocycles. The van der Waals surface area contributed by atoms with E-state index in [9.17, 15) is 4.39 Å². The molecule has 0 spiro atoms. The van der Waals surface area contributed by atoms with Crippen LogP contribution in [-0.2, 0) is 0 Å². The standard InChI is InChI=1S/C16H14ClFN4O/c17-11-9-12(18)15(19-10-11)21-5-7-22(8-6-21)16-20-13-3-1-2-4-14(13)23-16/h1-4,9-10H,5-8H2. The molecular formula is C16H14ClFN4O. The summed E-state index contributed by atoms with van der Waals surface area (Å²) in [7, 11) is 0. The molecule has 0 aliphatic carbocycles. The molecular weight excluding hydrogens is 319 g/mol. The molecule has 118 valence electrons. The van der Waals surface area contributed by atoms with Crippen LogP contribution in [0.4, 0.5) is 16.2 Å². The molecule has 5 nitrogen and oxygen atoms in total. The van der Waals surface area contributed by atoms with E-state index < -0.39 is 5.82 Å². The molecule has 1 aromatic carbocycles. The smallest absolute Gasteiger partial charge is 0.298 e. The minimum atomic E-state index is -0.396. The number of anilines is 2. The second kappa shape index (κ2) is 5.70. The second-order valence-electron chi connectivity index (χ2n) is 5.40. The van der Waals surface area contributed by atoms with Gasteiger partial charge in [0.1, 0.15) is 5.52 Å². The van der Waals surface area contributed by atoms with E-state index in [0.717, 1.165) is 11.1 Å². The van der Waals surface area contributed by atoms with E-state index in [2.05, 4.69) is 14.9 Å². The Morgan fingerprint density at radius 2 is 1.83 bits per heavy atom. The molecule has 0 N–H and O–H groups in total. The first-order chi connectivity index (χ1) is 11.2.